The van der Waals surface area contributed by atoms with Crippen molar-refractivity contribution in [1.82, 2.24) is 34.9 Å². The molecule has 1 unspecified atom stereocenters. The number of hydrogen-bond acceptors (Lipinski definition) is 5. The van der Waals surface area contributed by atoms with Gasteiger partial charge in [-0.2, -0.15) is 5.10 Å². The number of benzene rings is 1. The Morgan fingerprint density at radius 1 is 1.35 bits per heavy atom. The molecule has 2 aromatic heterocycles. The molecule has 134 valence electrons. The molecule has 3 heterocycles. The van der Waals surface area contributed by atoms with Crippen LogP contribution in [-0.4, -0.2) is 55.2 Å². The Labute approximate surface area is 151 Å². The summed E-state index contributed by atoms with van der Waals surface area (Å²) in [6, 6.07) is 7.37. The summed E-state index contributed by atoms with van der Waals surface area (Å²) in [4.78, 5) is 23.9. The van der Waals surface area contributed by atoms with Crippen LogP contribution in [0.4, 0.5) is 0 Å². The molecule has 8 nitrogen and oxygen atoms in total. The second-order valence-corrected chi connectivity index (χ2v) is 6.44. The molecule has 26 heavy (non-hydrogen) atoms. The monoisotopic (exact) mass is 351 g/mol. The predicted octanol–water partition coefficient (Wildman–Crippen LogP) is 1.30. The molecule has 0 bridgehead atoms. The fraction of sp³-hybridized carbons (Fsp3) is 0.333. The summed E-state index contributed by atoms with van der Waals surface area (Å²) >= 11 is 0. The number of amides is 1. The first kappa shape index (κ1) is 16.5. The van der Waals surface area contributed by atoms with Crippen molar-refractivity contribution in [3.8, 4) is 11.4 Å². The minimum atomic E-state index is -0.0920. The van der Waals surface area contributed by atoms with Crippen molar-refractivity contribution >= 4 is 5.91 Å². The van der Waals surface area contributed by atoms with Crippen molar-refractivity contribution in [2.75, 3.05) is 19.6 Å². The Hall–Kier alpha value is -3.00. The van der Waals surface area contributed by atoms with Crippen molar-refractivity contribution in [1.29, 1.82) is 0 Å². The number of carbonyl (C=O) groups excluding carboxylic acids is 1. The lowest BCUT2D eigenvalue weighted by Crippen LogP contribution is -2.49. The van der Waals surface area contributed by atoms with Crippen LogP contribution in [0.2, 0.25) is 0 Å². The fourth-order valence-corrected chi connectivity index (χ4v) is 3.31. The molecule has 2 N–H and O–H groups in total. The summed E-state index contributed by atoms with van der Waals surface area (Å²) in [5.74, 6) is 2.21. The van der Waals surface area contributed by atoms with Crippen LogP contribution in [0, 0.1) is 6.92 Å². The van der Waals surface area contributed by atoms with Gasteiger partial charge in [0.15, 0.2) is 5.82 Å². The molecule has 1 aliphatic rings. The Kier molecular flexibility index (Phi) is 4.26. The van der Waals surface area contributed by atoms with E-state index >= 15 is 0 Å². The van der Waals surface area contributed by atoms with E-state index < -0.39 is 0 Å². The van der Waals surface area contributed by atoms with Crippen LogP contribution in [-0.2, 0) is 7.05 Å². The third-order valence-corrected chi connectivity index (χ3v) is 4.63. The number of aromatic amines is 1. The fourth-order valence-electron chi connectivity index (χ4n) is 3.31. The lowest BCUT2D eigenvalue weighted by Gasteiger charge is -2.35. The highest BCUT2D eigenvalue weighted by Crippen LogP contribution is 2.24. The highest BCUT2D eigenvalue weighted by Gasteiger charge is 2.31. The van der Waals surface area contributed by atoms with Crippen molar-refractivity contribution < 1.29 is 4.79 Å². The van der Waals surface area contributed by atoms with E-state index in [-0.39, 0.29) is 11.9 Å². The van der Waals surface area contributed by atoms with E-state index in [0.29, 0.717) is 24.5 Å². The third kappa shape index (κ3) is 2.99. The molecule has 0 spiro atoms. The molecule has 0 radical (unpaired) electrons. The van der Waals surface area contributed by atoms with E-state index in [9.17, 15) is 4.79 Å². The van der Waals surface area contributed by atoms with E-state index in [1.54, 1.807) is 6.20 Å². The van der Waals surface area contributed by atoms with Gasteiger partial charge in [-0.1, -0.05) is 12.1 Å². The minimum absolute atomic E-state index is 0.00592. The number of nitrogens with one attached hydrogen (secondary N) is 2. The van der Waals surface area contributed by atoms with Gasteiger partial charge in [0.05, 0.1) is 0 Å². The summed E-state index contributed by atoms with van der Waals surface area (Å²) in [5, 5.41) is 10.4. The van der Waals surface area contributed by atoms with E-state index in [2.05, 4.69) is 25.5 Å². The van der Waals surface area contributed by atoms with Gasteiger partial charge in [0.2, 0.25) is 0 Å². The SMILES string of the molecule is Cc1nc(-c2cccc(C(=O)N3CCNCC3c3nccn3C)c2)n[nH]1. The number of aryl methyl sites for hydroxylation is 2. The van der Waals surface area contributed by atoms with Gasteiger partial charge >= 0.3 is 0 Å². The van der Waals surface area contributed by atoms with Crippen LogP contribution in [0.5, 0.6) is 0 Å². The molecular formula is C18H21N7O. The zero-order valence-electron chi connectivity index (χ0n) is 14.8. The van der Waals surface area contributed by atoms with Crippen LogP contribution in [0.3, 0.4) is 0 Å². The van der Waals surface area contributed by atoms with Gasteiger partial charge < -0.3 is 14.8 Å². The van der Waals surface area contributed by atoms with Crippen LogP contribution in [0.25, 0.3) is 11.4 Å². The maximum Gasteiger partial charge on any atom is 0.254 e. The predicted molar refractivity (Wildman–Crippen MR) is 96.4 cm³/mol. The number of H-pyrrole nitrogens is 1. The van der Waals surface area contributed by atoms with Crippen molar-refractivity contribution in [2.45, 2.75) is 13.0 Å². The van der Waals surface area contributed by atoms with Crippen molar-refractivity contribution in [3.63, 3.8) is 0 Å². The quantitative estimate of drug-likeness (QED) is 0.742. The molecule has 4 rings (SSSR count). The number of nitrogens with zero attached hydrogens (tertiary/aromatic N) is 5. The normalized spacial score (nSPS) is 17.5. The molecule has 1 saturated heterocycles. The summed E-state index contributed by atoms with van der Waals surface area (Å²) in [7, 11) is 1.95. The molecule has 0 aliphatic carbocycles. The van der Waals surface area contributed by atoms with Gasteiger partial charge in [0, 0.05) is 50.2 Å². The molecule has 1 amide bonds. The lowest BCUT2D eigenvalue weighted by molar-refractivity contribution is 0.0621. The van der Waals surface area contributed by atoms with Crippen LogP contribution in [0.15, 0.2) is 36.7 Å². The molecule has 1 atom stereocenters. The third-order valence-electron chi connectivity index (χ3n) is 4.63. The first-order valence-corrected chi connectivity index (χ1v) is 8.62. The zero-order chi connectivity index (χ0) is 18.1. The Morgan fingerprint density at radius 2 is 2.23 bits per heavy atom. The summed E-state index contributed by atoms with van der Waals surface area (Å²) in [6.45, 7) is 3.95. The number of imidazole rings is 1. The highest BCUT2D eigenvalue weighted by molar-refractivity contribution is 5.95. The molecular weight excluding hydrogens is 330 g/mol. The number of piperazine rings is 1. The van der Waals surface area contributed by atoms with E-state index in [1.807, 2.05) is 53.9 Å². The Balaban J connectivity index is 1.65. The Morgan fingerprint density at radius 3 is 2.96 bits per heavy atom. The van der Waals surface area contributed by atoms with E-state index in [4.69, 9.17) is 0 Å². The largest absolute Gasteiger partial charge is 0.336 e. The van der Waals surface area contributed by atoms with Gasteiger partial charge in [-0.25, -0.2) is 9.97 Å². The minimum Gasteiger partial charge on any atom is -0.336 e. The molecule has 8 heteroatoms. The Bertz CT molecular complexity index is 929. The van der Waals surface area contributed by atoms with Crippen LogP contribution >= 0.6 is 0 Å². The smallest absolute Gasteiger partial charge is 0.254 e. The van der Waals surface area contributed by atoms with Gasteiger partial charge in [0.25, 0.3) is 5.91 Å². The van der Waals surface area contributed by atoms with Crippen molar-refractivity contribution in [2.24, 2.45) is 7.05 Å². The summed E-state index contributed by atoms with van der Waals surface area (Å²) < 4.78 is 1.96. The van der Waals surface area contributed by atoms with Gasteiger partial charge in [-0.3, -0.25) is 9.89 Å². The lowest BCUT2D eigenvalue weighted by atomic mass is 10.1. The average Bonchev–Trinajstić information content (AvgIpc) is 3.29. The molecule has 1 aromatic carbocycles. The maximum atomic E-state index is 13.2. The summed E-state index contributed by atoms with van der Waals surface area (Å²) in [6.07, 6.45) is 3.66. The van der Waals surface area contributed by atoms with Crippen LogP contribution < -0.4 is 5.32 Å². The molecule has 1 fully saturated rings. The van der Waals surface area contributed by atoms with Gasteiger partial charge in [-0.05, 0) is 19.1 Å². The highest BCUT2D eigenvalue weighted by atomic mass is 16.2. The van der Waals surface area contributed by atoms with E-state index in [1.165, 1.54) is 0 Å². The molecule has 3 aromatic rings. The summed E-state index contributed by atoms with van der Waals surface area (Å²) in [5.41, 5.74) is 1.45. The van der Waals surface area contributed by atoms with Crippen molar-refractivity contribution in [3.05, 3.63) is 53.9 Å². The number of hydrogen-bond donors (Lipinski definition) is 2. The average molecular weight is 351 g/mol. The van der Waals surface area contributed by atoms with Crippen LogP contribution in [0.1, 0.15) is 28.0 Å². The second kappa shape index (κ2) is 6.72. The number of aromatic nitrogens is 5. The first-order chi connectivity index (χ1) is 12.6. The van der Waals surface area contributed by atoms with E-state index in [0.717, 1.165) is 23.8 Å². The topological polar surface area (TPSA) is 91.7 Å². The zero-order valence-corrected chi connectivity index (χ0v) is 14.8. The first-order valence-electron chi connectivity index (χ1n) is 8.62. The van der Waals surface area contributed by atoms with Gasteiger partial charge in [-0.15, -0.1) is 0 Å². The van der Waals surface area contributed by atoms with Gasteiger partial charge in [0.1, 0.15) is 17.7 Å². The number of rotatable bonds is 3. The standard InChI is InChI=1S/C18H21N7O/c1-12-21-16(23-22-12)13-4-3-5-14(10-13)18(26)25-9-6-19-11-15(25)17-20-7-8-24(17)2/h3-5,7-8,10,15,19H,6,9,11H2,1-2H3,(H,21,22,23). The second-order valence-electron chi connectivity index (χ2n) is 6.44. The molecule has 1 aliphatic heterocycles. The molecule has 0 saturated carbocycles. The number of carbonyl (C=O) groups is 1. The maximum absolute atomic E-state index is 13.2.